The number of rotatable bonds is 9. The van der Waals surface area contributed by atoms with Gasteiger partial charge < -0.3 is 24.5 Å². The Labute approximate surface area is 198 Å². The fourth-order valence-electron chi connectivity index (χ4n) is 3.43. The topological polar surface area (TPSA) is 107 Å². The van der Waals surface area contributed by atoms with E-state index < -0.39 is 18.0 Å². The van der Waals surface area contributed by atoms with Crippen molar-refractivity contribution in [3.8, 4) is 0 Å². The number of anilines is 1. The normalized spacial score (nSPS) is 11.9. The summed E-state index contributed by atoms with van der Waals surface area (Å²) < 4.78 is 16.7. The fraction of sp³-hybridized carbons (Fsp3) is 0.346. The summed E-state index contributed by atoms with van der Waals surface area (Å²) in [5, 5.41) is 6.04. The second-order valence-corrected chi connectivity index (χ2v) is 8.35. The van der Waals surface area contributed by atoms with E-state index in [2.05, 4.69) is 10.6 Å². The van der Waals surface area contributed by atoms with E-state index in [-0.39, 0.29) is 30.9 Å². The Balaban J connectivity index is 1.62. The summed E-state index contributed by atoms with van der Waals surface area (Å²) in [5.74, 6) is -1.76. The third-order valence-corrected chi connectivity index (χ3v) is 5.27. The number of nitrogens with one attached hydrogen (secondary N) is 2. The van der Waals surface area contributed by atoms with Crippen LogP contribution in [-0.2, 0) is 25.7 Å². The zero-order chi connectivity index (χ0) is 24.8. The van der Waals surface area contributed by atoms with Gasteiger partial charge in [-0.25, -0.2) is 4.79 Å². The van der Waals surface area contributed by atoms with Gasteiger partial charge in [0.1, 0.15) is 5.58 Å². The van der Waals surface area contributed by atoms with Crippen molar-refractivity contribution in [1.29, 1.82) is 0 Å². The Morgan fingerprint density at radius 1 is 0.971 bits per heavy atom. The minimum atomic E-state index is -1.13. The molecule has 8 nitrogen and oxygen atoms in total. The maximum Gasteiger partial charge on any atom is 0.375 e. The van der Waals surface area contributed by atoms with E-state index in [1.54, 1.807) is 12.1 Å². The van der Waals surface area contributed by atoms with E-state index in [4.69, 9.17) is 13.9 Å². The zero-order valence-electron chi connectivity index (χ0n) is 20.1. The van der Waals surface area contributed by atoms with Gasteiger partial charge >= 0.3 is 5.97 Å². The standard InChI is InChI=1S/C26H30N2O6/c1-15(2)32-14-20-19-11-6-7-12-21(19)34-24(20)26(31)33-18(5)25(30)27-13-22(29)28-23-16(3)9-8-10-17(23)4/h6-12,15,18H,13-14H2,1-5H3,(H,27,30)(H,28,29). The van der Waals surface area contributed by atoms with E-state index in [9.17, 15) is 14.4 Å². The summed E-state index contributed by atoms with van der Waals surface area (Å²) in [6.45, 7) is 8.91. The van der Waals surface area contributed by atoms with Crippen LogP contribution in [0, 0.1) is 13.8 Å². The Kier molecular flexibility index (Phi) is 8.07. The van der Waals surface area contributed by atoms with Crippen LogP contribution in [0.25, 0.3) is 11.0 Å². The van der Waals surface area contributed by atoms with Gasteiger partial charge in [0.2, 0.25) is 11.7 Å². The number of ether oxygens (including phenoxy) is 2. The number of hydrogen-bond donors (Lipinski definition) is 2. The third kappa shape index (κ3) is 6.02. The first-order chi connectivity index (χ1) is 16.2. The molecule has 0 aliphatic carbocycles. The average molecular weight is 467 g/mol. The van der Waals surface area contributed by atoms with Crippen molar-refractivity contribution in [1.82, 2.24) is 5.32 Å². The highest BCUT2D eigenvalue weighted by molar-refractivity contribution is 5.98. The number of benzene rings is 2. The van der Waals surface area contributed by atoms with E-state index in [1.807, 2.05) is 58.0 Å². The van der Waals surface area contributed by atoms with Gasteiger partial charge in [-0.1, -0.05) is 36.4 Å². The number of hydrogen-bond acceptors (Lipinski definition) is 6. The first kappa shape index (κ1) is 25.0. The molecule has 0 fully saturated rings. The number of aryl methyl sites for hydroxylation is 2. The predicted octanol–water partition coefficient (Wildman–Crippen LogP) is 4.27. The highest BCUT2D eigenvalue weighted by atomic mass is 16.6. The molecule has 3 rings (SSSR count). The maximum atomic E-state index is 12.8. The van der Waals surface area contributed by atoms with Crippen molar-refractivity contribution >= 4 is 34.4 Å². The van der Waals surface area contributed by atoms with Crippen LogP contribution in [0.1, 0.15) is 48.0 Å². The summed E-state index contributed by atoms with van der Waals surface area (Å²) in [6.07, 6.45) is -1.18. The lowest BCUT2D eigenvalue weighted by Gasteiger charge is -2.15. The molecule has 2 aromatic carbocycles. The minimum absolute atomic E-state index is 0.00530. The summed E-state index contributed by atoms with van der Waals surface area (Å²) in [5.41, 5.74) is 3.64. The molecule has 1 atom stereocenters. The van der Waals surface area contributed by atoms with Crippen molar-refractivity contribution in [3.05, 3.63) is 64.9 Å². The molecule has 0 bridgehead atoms. The lowest BCUT2D eigenvalue weighted by atomic mass is 10.1. The van der Waals surface area contributed by atoms with Crippen LogP contribution < -0.4 is 10.6 Å². The van der Waals surface area contributed by atoms with Gasteiger partial charge in [-0.05, 0) is 51.8 Å². The highest BCUT2D eigenvalue weighted by Crippen LogP contribution is 2.28. The molecular weight excluding hydrogens is 436 g/mol. The smallest absolute Gasteiger partial charge is 0.375 e. The quantitative estimate of drug-likeness (QED) is 0.456. The number of carbonyl (C=O) groups excluding carboxylic acids is 3. The van der Waals surface area contributed by atoms with Crippen molar-refractivity contribution in [2.24, 2.45) is 0 Å². The molecule has 0 saturated carbocycles. The molecule has 0 saturated heterocycles. The SMILES string of the molecule is Cc1cccc(C)c1NC(=O)CNC(=O)C(C)OC(=O)c1oc2ccccc2c1COC(C)C. The van der Waals surface area contributed by atoms with Gasteiger partial charge in [0.05, 0.1) is 19.3 Å². The molecule has 1 heterocycles. The molecule has 0 aliphatic rings. The largest absolute Gasteiger partial charge is 0.449 e. The lowest BCUT2D eigenvalue weighted by Crippen LogP contribution is -2.40. The number of esters is 1. The average Bonchev–Trinajstić information content (AvgIpc) is 3.17. The molecule has 1 aromatic heterocycles. The van der Waals surface area contributed by atoms with Crippen molar-refractivity contribution in [2.75, 3.05) is 11.9 Å². The monoisotopic (exact) mass is 466 g/mol. The zero-order valence-corrected chi connectivity index (χ0v) is 20.1. The lowest BCUT2D eigenvalue weighted by molar-refractivity contribution is -0.130. The Hall–Kier alpha value is -3.65. The number of fused-ring (bicyclic) bond motifs is 1. The molecule has 2 N–H and O–H groups in total. The van der Waals surface area contributed by atoms with Gasteiger partial charge in [0.25, 0.3) is 5.91 Å². The van der Waals surface area contributed by atoms with Crippen LogP contribution in [0.3, 0.4) is 0 Å². The van der Waals surface area contributed by atoms with Crippen molar-refractivity contribution in [3.63, 3.8) is 0 Å². The fourth-order valence-corrected chi connectivity index (χ4v) is 3.43. The Bertz CT molecular complexity index is 1180. The molecule has 34 heavy (non-hydrogen) atoms. The van der Waals surface area contributed by atoms with Gasteiger partial charge in [0.15, 0.2) is 6.10 Å². The van der Waals surface area contributed by atoms with Crippen molar-refractivity contribution in [2.45, 2.75) is 53.4 Å². The second-order valence-electron chi connectivity index (χ2n) is 8.35. The van der Waals surface area contributed by atoms with Crippen LogP contribution in [0.2, 0.25) is 0 Å². The van der Waals surface area contributed by atoms with E-state index in [0.29, 0.717) is 16.8 Å². The highest BCUT2D eigenvalue weighted by Gasteiger charge is 2.26. The van der Waals surface area contributed by atoms with Crippen LogP contribution in [-0.4, -0.2) is 36.5 Å². The summed E-state index contributed by atoms with van der Waals surface area (Å²) in [4.78, 5) is 37.6. The molecule has 1 unspecified atom stereocenters. The number of para-hydroxylation sites is 2. The molecular formula is C26H30N2O6. The van der Waals surface area contributed by atoms with Crippen LogP contribution in [0.15, 0.2) is 46.9 Å². The molecule has 2 amide bonds. The predicted molar refractivity (Wildman–Crippen MR) is 129 cm³/mol. The second kappa shape index (κ2) is 11.0. The summed E-state index contributed by atoms with van der Waals surface area (Å²) in [7, 11) is 0. The Morgan fingerprint density at radius 3 is 2.32 bits per heavy atom. The van der Waals surface area contributed by atoms with Gasteiger partial charge in [0, 0.05) is 16.6 Å². The van der Waals surface area contributed by atoms with Gasteiger partial charge in [-0.3, -0.25) is 9.59 Å². The van der Waals surface area contributed by atoms with E-state index in [1.165, 1.54) is 6.92 Å². The first-order valence-corrected chi connectivity index (χ1v) is 11.1. The number of carbonyl (C=O) groups is 3. The summed E-state index contributed by atoms with van der Waals surface area (Å²) >= 11 is 0. The first-order valence-electron chi connectivity index (χ1n) is 11.1. The van der Waals surface area contributed by atoms with Gasteiger partial charge in [-0.15, -0.1) is 0 Å². The molecule has 0 radical (unpaired) electrons. The molecule has 0 aliphatic heterocycles. The van der Waals surface area contributed by atoms with E-state index in [0.717, 1.165) is 16.5 Å². The van der Waals surface area contributed by atoms with Crippen LogP contribution in [0.5, 0.6) is 0 Å². The van der Waals surface area contributed by atoms with Gasteiger partial charge in [-0.2, -0.15) is 0 Å². The van der Waals surface area contributed by atoms with Crippen LogP contribution in [0.4, 0.5) is 5.69 Å². The molecule has 180 valence electrons. The maximum absolute atomic E-state index is 12.8. The summed E-state index contributed by atoms with van der Waals surface area (Å²) in [6, 6.07) is 12.9. The van der Waals surface area contributed by atoms with E-state index >= 15 is 0 Å². The molecule has 0 spiro atoms. The Morgan fingerprint density at radius 2 is 1.65 bits per heavy atom. The third-order valence-electron chi connectivity index (χ3n) is 5.27. The minimum Gasteiger partial charge on any atom is -0.449 e. The molecule has 3 aromatic rings. The van der Waals surface area contributed by atoms with Crippen molar-refractivity contribution < 1.29 is 28.3 Å². The van der Waals surface area contributed by atoms with Crippen LogP contribution >= 0.6 is 0 Å². The number of furan rings is 1. The molecule has 8 heteroatoms. The number of amides is 2.